The Balaban J connectivity index is 1.09. The quantitative estimate of drug-likeness (QED) is 0.0437. The SMILES string of the molecule is NCCCC[C@H](N)C(=O)N[C@@H](CCCNC(N)N)C(=O)N1CCC[C@H]1C(=O)N1CCC[C@H]1C(=O)N1CCC[C@H]1C(=O)N1CCC[C@H]1C(=O)N1CCC[C@H]1C(=O)N1CCC[C@H]1C(=O)NCC(=O)O. The predicted octanol–water partition coefficient (Wildman–Crippen LogP) is -3.35. The van der Waals surface area contributed by atoms with Crippen LogP contribution in [0.1, 0.15) is 109 Å². The molecule has 6 saturated heterocycles. The Morgan fingerprint density at radius 2 is 0.910 bits per heavy atom. The Morgan fingerprint density at radius 3 is 1.31 bits per heavy atom. The fourth-order valence-electron chi connectivity index (χ4n) is 10.9. The van der Waals surface area contributed by atoms with E-state index < -0.39 is 84.9 Å². The fourth-order valence-corrected chi connectivity index (χ4v) is 10.9. The summed E-state index contributed by atoms with van der Waals surface area (Å²) in [6.07, 6.45) is 7.31. The summed E-state index contributed by atoms with van der Waals surface area (Å²) in [6, 6.07) is -6.85. The first-order valence-electron chi connectivity index (χ1n) is 24.5. The van der Waals surface area contributed by atoms with Crippen molar-refractivity contribution in [2.24, 2.45) is 22.9 Å². The molecule has 0 spiro atoms. The molecule has 8 amide bonds. The number of hydrogen-bond acceptors (Lipinski definition) is 14. The van der Waals surface area contributed by atoms with Crippen LogP contribution in [-0.4, -0.2) is 201 Å². The van der Waals surface area contributed by atoms with Crippen molar-refractivity contribution < 1.29 is 48.3 Å². The Labute approximate surface area is 391 Å². The lowest BCUT2D eigenvalue weighted by molar-refractivity contribution is -0.154. The van der Waals surface area contributed by atoms with Crippen LogP contribution in [0.2, 0.25) is 0 Å². The smallest absolute Gasteiger partial charge is 0.322 e. The third-order valence-electron chi connectivity index (χ3n) is 14.3. The second-order valence-electron chi connectivity index (χ2n) is 18.8. The lowest BCUT2D eigenvalue weighted by atomic mass is 10.1. The Bertz CT molecular complexity index is 1840. The molecule has 6 aliphatic heterocycles. The molecule has 0 saturated carbocycles. The van der Waals surface area contributed by atoms with E-state index in [0.717, 1.165) is 0 Å². The maximum atomic E-state index is 14.5. The number of likely N-dealkylation sites (tertiary alicyclic amines) is 6. The molecule has 23 nitrogen and oxygen atoms in total. The highest BCUT2D eigenvalue weighted by Crippen LogP contribution is 2.33. The van der Waals surface area contributed by atoms with E-state index in [0.29, 0.717) is 149 Å². The molecule has 12 N–H and O–H groups in total. The van der Waals surface area contributed by atoms with Crippen LogP contribution in [0.4, 0.5) is 0 Å². The van der Waals surface area contributed by atoms with Gasteiger partial charge in [-0.2, -0.15) is 0 Å². The molecule has 6 fully saturated rings. The molecule has 8 atom stereocenters. The number of carbonyl (C=O) groups excluding carboxylic acids is 8. The molecular weight excluding hydrogens is 871 g/mol. The number of carboxylic acids is 1. The number of carboxylic acid groups (broad SMARTS) is 1. The van der Waals surface area contributed by atoms with Crippen LogP contribution < -0.4 is 38.9 Å². The van der Waals surface area contributed by atoms with Crippen LogP contribution in [0.3, 0.4) is 0 Å². The summed E-state index contributed by atoms with van der Waals surface area (Å²) in [4.78, 5) is 132. The number of nitrogens with two attached hydrogens (primary N) is 4. The van der Waals surface area contributed by atoms with Gasteiger partial charge in [-0.15, -0.1) is 0 Å². The zero-order chi connectivity index (χ0) is 48.4. The Morgan fingerprint density at radius 1 is 0.522 bits per heavy atom. The molecule has 0 aromatic rings. The number of nitrogens with one attached hydrogen (secondary N) is 3. The molecule has 0 radical (unpaired) electrons. The highest BCUT2D eigenvalue weighted by Gasteiger charge is 2.50. The zero-order valence-corrected chi connectivity index (χ0v) is 38.7. The van der Waals surface area contributed by atoms with Gasteiger partial charge < -0.3 is 68.1 Å². The molecule has 0 unspecified atom stereocenters. The molecule has 0 bridgehead atoms. The van der Waals surface area contributed by atoms with Gasteiger partial charge in [-0.25, -0.2) is 0 Å². The highest BCUT2D eigenvalue weighted by atomic mass is 16.4. The van der Waals surface area contributed by atoms with Crippen LogP contribution in [0.15, 0.2) is 0 Å². The Hall–Kier alpha value is -4.97. The second-order valence-corrected chi connectivity index (χ2v) is 18.8. The monoisotopic (exact) mass is 944 g/mol. The largest absolute Gasteiger partial charge is 0.480 e. The summed E-state index contributed by atoms with van der Waals surface area (Å²) in [7, 11) is 0. The van der Waals surface area contributed by atoms with Crippen LogP contribution >= 0.6 is 0 Å². The summed E-state index contributed by atoms with van der Waals surface area (Å²) in [6.45, 7) is 2.09. The molecular formula is C44H73N13O10. The molecule has 6 rings (SSSR count). The molecule has 23 heteroatoms. The Kier molecular flexibility index (Phi) is 18.3. The lowest BCUT2D eigenvalue weighted by Crippen LogP contribution is -2.59. The number of amides is 8. The maximum Gasteiger partial charge on any atom is 0.322 e. The van der Waals surface area contributed by atoms with E-state index >= 15 is 0 Å². The molecule has 6 heterocycles. The minimum atomic E-state index is -1.20. The van der Waals surface area contributed by atoms with Crippen molar-refractivity contribution in [3.8, 4) is 0 Å². The first-order chi connectivity index (χ1) is 32.1. The summed E-state index contributed by atoms with van der Waals surface area (Å²) in [5, 5.41) is 17.1. The van der Waals surface area contributed by atoms with Gasteiger partial charge in [0.1, 0.15) is 55.1 Å². The average molecular weight is 944 g/mol. The van der Waals surface area contributed by atoms with E-state index in [1.807, 2.05) is 0 Å². The van der Waals surface area contributed by atoms with Crippen molar-refractivity contribution in [3.05, 3.63) is 0 Å². The number of carbonyl (C=O) groups is 9. The number of rotatable bonds is 20. The highest BCUT2D eigenvalue weighted by molar-refractivity contribution is 5.99. The molecule has 0 aromatic carbocycles. The number of nitrogens with zero attached hydrogens (tertiary/aromatic N) is 6. The van der Waals surface area contributed by atoms with Gasteiger partial charge in [0.25, 0.3) is 0 Å². The molecule has 0 aliphatic carbocycles. The number of hydrogen-bond donors (Lipinski definition) is 8. The van der Waals surface area contributed by atoms with Gasteiger partial charge in [0.05, 0.1) is 6.04 Å². The van der Waals surface area contributed by atoms with Gasteiger partial charge in [0, 0.05) is 39.3 Å². The summed E-state index contributed by atoms with van der Waals surface area (Å²) >= 11 is 0. The van der Waals surface area contributed by atoms with Crippen molar-refractivity contribution in [2.45, 2.75) is 164 Å². The van der Waals surface area contributed by atoms with E-state index in [2.05, 4.69) is 16.0 Å². The van der Waals surface area contributed by atoms with Crippen molar-refractivity contribution in [2.75, 3.05) is 58.9 Å². The van der Waals surface area contributed by atoms with Crippen LogP contribution in [0.25, 0.3) is 0 Å². The zero-order valence-electron chi connectivity index (χ0n) is 38.7. The summed E-state index contributed by atoms with van der Waals surface area (Å²) in [5.74, 6) is -4.42. The van der Waals surface area contributed by atoms with Crippen molar-refractivity contribution >= 4 is 53.2 Å². The van der Waals surface area contributed by atoms with Gasteiger partial charge >= 0.3 is 5.97 Å². The average Bonchev–Trinajstić information content (AvgIpc) is 4.17. The van der Waals surface area contributed by atoms with E-state index in [9.17, 15) is 43.2 Å². The first kappa shape index (κ1) is 51.4. The molecule has 67 heavy (non-hydrogen) atoms. The third-order valence-corrected chi connectivity index (χ3v) is 14.3. The predicted molar refractivity (Wildman–Crippen MR) is 241 cm³/mol. The van der Waals surface area contributed by atoms with E-state index in [4.69, 9.17) is 28.0 Å². The van der Waals surface area contributed by atoms with E-state index in [1.165, 1.54) is 14.7 Å². The summed E-state index contributed by atoms with van der Waals surface area (Å²) in [5.41, 5.74) is 23.1. The van der Waals surface area contributed by atoms with Crippen molar-refractivity contribution in [1.82, 2.24) is 45.3 Å². The molecule has 374 valence electrons. The van der Waals surface area contributed by atoms with Gasteiger partial charge in [0.2, 0.25) is 47.3 Å². The van der Waals surface area contributed by atoms with Crippen LogP contribution in [0, 0.1) is 0 Å². The van der Waals surface area contributed by atoms with E-state index in [1.54, 1.807) is 14.7 Å². The van der Waals surface area contributed by atoms with Crippen molar-refractivity contribution in [1.29, 1.82) is 0 Å². The summed E-state index contributed by atoms with van der Waals surface area (Å²) < 4.78 is 0. The normalized spacial score (nSPS) is 26.1. The topological polar surface area (TPSA) is 333 Å². The molecule has 6 aliphatic rings. The first-order valence-corrected chi connectivity index (χ1v) is 24.5. The molecule has 0 aromatic heterocycles. The third kappa shape index (κ3) is 12.2. The van der Waals surface area contributed by atoms with Gasteiger partial charge in [0.15, 0.2) is 0 Å². The van der Waals surface area contributed by atoms with Gasteiger partial charge in [-0.3, -0.25) is 48.5 Å². The van der Waals surface area contributed by atoms with Crippen LogP contribution in [0.5, 0.6) is 0 Å². The fraction of sp³-hybridized carbons (Fsp3) is 0.795. The number of aliphatic carboxylic acids is 1. The van der Waals surface area contributed by atoms with Gasteiger partial charge in [-0.05, 0) is 116 Å². The van der Waals surface area contributed by atoms with Crippen LogP contribution in [-0.2, 0) is 43.2 Å². The standard InChI is InChI=1S/C44H73N13O10/c45-18-2-1-10-27(46)36(60)51-28(11-3-19-49-44(47)48)38(62)53-21-5-13-30(53)40(64)55-23-7-15-32(55)42(66)57-25-9-17-34(57)43(67)56-24-8-16-33(56)41(65)54-22-6-14-31(54)39(63)52-20-4-12-29(52)37(61)50-26-35(58)59/h27-34,44,49H,1-26,45-48H2,(H,50,61)(H,51,60)(H,58,59)/t27-,28-,29-,30-,31-,32-,33-,34-/m0/s1. The minimum absolute atomic E-state index is 0.239. The van der Waals surface area contributed by atoms with Gasteiger partial charge in [-0.1, -0.05) is 6.42 Å². The van der Waals surface area contributed by atoms with Crippen molar-refractivity contribution in [3.63, 3.8) is 0 Å². The minimum Gasteiger partial charge on any atom is -0.480 e. The second kappa shape index (κ2) is 23.8. The number of unbranched alkanes of at least 4 members (excludes halogenated alkanes) is 1. The maximum absolute atomic E-state index is 14.5. The lowest BCUT2D eigenvalue weighted by Gasteiger charge is -2.37. The van der Waals surface area contributed by atoms with E-state index in [-0.39, 0.29) is 42.5 Å².